The third kappa shape index (κ3) is 10.3. The molecule has 0 aliphatic heterocycles. The molecule has 0 aliphatic carbocycles. The number of fused-ring (bicyclic) bond motifs is 22. The molecule has 114 heavy (non-hydrogen) atoms. The van der Waals surface area contributed by atoms with Crippen LogP contribution in [-0.4, -0.2) is 43.2 Å². The molecule has 11 nitrogen and oxygen atoms in total. The molecule has 532 valence electrons. The van der Waals surface area contributed by atoms with Crippen molar-refractivity contribution in [2.75, 3.05) is 0 Å². The molecule has 8 aromatic heterocycles. The number of aromatic nitrogens is 9. The van der Waals surface area contributed by atoms with Gasteiger partial charge in [-0.2, -0.15) is 0 Å². The van der Waals surface area contributed by atoms with Crippen molar-refractivity contribution in [1.29, 1.82) is 0 Å². The zero-order chi connectivity index (χ0) is 74.9. The van der Waals surface area contributed by atoms with Gasteiger partial charge in [-0.15, -0.1) is 0 Å². The van der Waals surface area contributed by atoms with Crippen LogP contribution in [-0.2, 0) is 0 Å². The molecule has 0 aliphatic rings. The molecule has 11 heteroatoms. The normalized spacial score (nSPS) is 11.9. The Labute approximate surface area is 652 Å². The Morgan fingerprint density at radius 1 is 0.167 bits per heavy atom. The average molecular weight is 1460 g/mol. The second kappa shape index (κ2) is 26.1. The van der Waals surface area contributed by atoms with Crippen molar-refractivity contribution in [1.82, 2.24) is 43.2 Å². The molecule has 16 aromatic carbocycles. The van der Waals surface area contributed by atoms with Gasteiger partial charge in [0.05, 0.1) is 77.1 Å². The Kier molecular flexibility index (Phi) is 14.7. The van der Waals surface area contributed by atoms with E-state index in [2.05, 4.69) is 303 Å². The van der Waals surface area contributed by atoms with E-state index in [1.807, 2.05) is 97.1 Å². The fourth-order valence-electron chi connectivity index (χ4n) is 17.4. The van der Waals surface area contributed by atoms with Crippen LogP contribution in [0.15, 0.2) is 391 Å². The maximum absolute atomic E-state index is 7.13. The van der Waals surface area contributed by atoms with Gasteiger partial charge >= 0.3 is 0 Å². The lowest BCUT2D eigenvalue weighted by Gasteiger charge is -2.11. The van der Waals surface area contributed by atoms with E-state index in [9.17, 15) is 0 Å². The summed E-state index contributed by atoms with van der Waals surface area (Å²) in [5.41, 5.74) is 24.6. The van der Waals surface area contributed by atoms with E-state index in [-0.39, 0.29) is 0 Å². The van der Waals surface area contributed by atoms with Crippen LogP contribution in [0.4, 0.5) is 0 Å². The van der Waals surface area contributed by atoms with Gasteiger partial charge in [0.25, 0.3) is 0 Å². The van der Waals surface area contributed by atoms with Crippen molar-refractivity contribution in [3.8, 4) is 90.8 Å². The van der Waals surface area contributed by atoms with Crippen LogP contribution in [0.3, 0.4) is 0 Å². The number of furan rings is 2. The molecular formula is C103H63N9O2. The van der Waals surface area contributed by atoms with Crippen molar-refractivity contribution in [3.05, 3.63) is 382 Å². The predicted molar refractivity (Wildman–Crippen MR) is 466 cm³/mol. The maximum Gasteiger partial charge on any atom is 0.164 e. The Hall–Kier alpha value is -15.6. The maximum atomic E-state index is 7.13. The van der Waals surface area contributed by atoms with E-state index in [1.54, 1.807) is 0 Å². The molecule has 0 saturated heterocycles. The number of rotatable bonds is 10. The summed E-state index contributed by atoms with van der Waals surface area (Å²) in [7, 11) is 0. The lowest BCUT2D eigenvalue weighted by molar-refractivity contribution is 0.676. The number of hydrogen-bond donors (Lipinski definition) is 0. The second-order valence-electron chi connectivity index (χ2n) is 29.0. The van der Waals surface area contributed by atoms with Crippen LogP contribution in [0.1, 0.15) is 0 Å². The van der Waals surface area contributed by atoms with Crippen LogP contribution < -0.4 is 0 Å². The monoisotopic (exact) mass is 1460 g/mol. The van der Waals surface area contributed by atoms with Crippen molar-refractivity contribution in [2.24, 2.45) is 0 Å². The smallest absolute Gasteiger partial charge is 0.164 e. The fourth-order valence-corrected chi connectivity index (χ4v) is 17.4. The summed E-state index contributed by atoms with van der Waals surface area (Å²) in [5.74, 6) is 2.61. The third-order valence-corrected chi connectivity index (χ3v) is 22.5. The minimum atomic E-state index is 0.625. The molecule has 0 fully saturated rings. The Morgan fingerprint density at radius 2 is 0.395 bits per heavy atom. The lowest BCUT2D eigenvalue weighted by atomic mass is 10.1. The van der Waals surface area contributed by atoms with Crippen LogP contribution >= 0.6 is 0 Å². The van der Waals surface area contributed by atoms with Gasteiger partial charge in [0.2, 0.25) is 0 Å². The molecule has 0 bridgehead atoms. The Morgan fingerprint density at radius 3 is 0.702 bits per heavy atom. The van der Waals surface area contributed by atoms with Gasteiger partial charge in [0.1, 0.15) is 22.3 Å². The zero-order valence-electron chi connectivity index (χ0n) is 61.2. The van der Waals surface area contributed by atoms with E-state index in [0.717, 1.165) is 188 Å². The van der Waals surface area contributed by atoms with E-state index < -0.39 is 0 Å². The zero-order valence-corrected chi connectivity index (χ0v) is 61.2. The van der Waals surface area contributed by atoms with Crippen LogP contribution in [0.25, 0.3) is 222 Å². The highest BCUT2D eigenvalue weighted by molar-refractivity contribution is 6.31. The van der Waals surface area contributed by atoms with Crippen LogP contribution in [0, 0.1) is 0 Å². The SMILES string of the molecule is c1ccc(-c2cc(-c3ccc(-n4c5ccccc5c5c6oc7c(ccc8c7c7ccccc7n8-c7ccccc7)c6ccc54)cc3)nc(-c3ccccc3)n2)cc1.c1ccc(-c2nc(-c3ccccc3)nc(-c3ccc(-n4c5ccccc5c5c6oc7c(ccc8c7c7ccccc7n8-c7ccccc7)c6ccc54)cc3)n2)cc1. The Bertz CT molecular complexity index is 7340. The summed E-state index contributed by atoms with van der Waals surface area (Å²) < 4.78 is 23.6. The topological polar surface area (TPSA) is 110 Å². The lowest BCUT2D eigenvalue weighted by Crippen LogP contribution is -2.00. The summed E-state index contributed by atoms with van der Waals surface area (Å²) in [6.45, 7) is 0. The molecule has 0 saturated carbocycles. The molecule has 0 amide bonds. The van der Waals surface area contributed by atoms with Crippen molar-refractivity contribution in [2.45, 2.75) is 0 Å². The number of hydrogen-bond acceptors (Lipinski definition) is 7. The quantitative estimate of drug-likeness (QED) is 0.134. The van der Waals surface area contributed by atoms with Gasteiger partial charge < -0.3 is 27.1 Å². The standard InChI is InChI=1S/C52H32N4O.C51H31N5O/c1-4-14-33(15-5-1)42-32-43(54-52(53-42)35-16-6-2-7-17-35)34-24-26-37(27-25-34)56-45-23-13-11-21-41(45)49-47(56)31-29-39-38-28-30-46-48(50(38)57-51(39)49)40-20-10-12-22-44(40)55(46)36-18-8-3-9-19-36;1-4-14-32(15-5-1)49-52-50(33-16-6-2-7-17-33)54-51(53-49)34-24-26-36(27-25-34)56-42-23-13-11-21-40(42)46-44(56)31-29-38-37-28-30-43-45(47(37)57-48(38)46)39-20-10-12-22-41(39)55(43)35-18-8-3-9-19-35/h1-32H;1-31H. The molecule has 0 spiro atoms. The molecule has 0 atom stereocenters. The molecule has 8 heterocycles. The summed E-state index contributed by atoms with van der Waals surface area (Å²) in [6.07, 6.45) is 0. The molecular weight excluding hydrogens is 1400 g/mol. The highest BCUT2D eigenvalue weighted by Gasteiger charge is 2.26. The highest BCUT2D eigenvalue weighted by atomic mass is 16.3. The van der Waals surface area contributed by atoms with Crippen molar-refractivity contribution in [3.63, 3.8) is 0 Å². The third-order valence-electron chi connectivity index (χ3n) is 22.5. The fraction of sp³-hybridized carbons (Fsp3) is 0. The van der Waals surface area contributed by atoms with Crippen LogP contribution in [0.2, 0.25) is 0 Å². The number of nitrogens with zero attached hydrogens (tertiary/aromatic N) is 9. The van der Waals surface area contributed by atoms with E-state index in [1.165, 1.54) is 10.8 Å². The van der Waals surface area contributed by atoms with Gasteiger partial charge in [-0.25, -0.2) is 24.9 Å². The van der Waals surface area contributed by atoms with Gasteiger partial charge in [0, 0.05) is 99.2 Å². The first-order valence-corrected chi connectivity index (χ1v) is 38.4. The van der Waals surface area contributed by atoms with E-state index >= 15 is 0 Å². The minimum Gasteiger partial charge on any atom is -0.455 e. The van der Waals surface area contributed by atoms with Crippen molar-refractivity contribution < 1.29 is 8.83 Å². The predicted octanol–water partition coefficient (Wildman–Crippen LogP) is 26.5. The van der Waals surface area contributed by atoms with E-state index in [4.69, 9.17) is 33.8 Å². The summed E-state index contributed by atoms with van der Waals surface area (Å²) in [5, 5.41) is 13.5. The summed E-state index contributed by atoms with van der Waals surface area (Å²) in [4.78, 5) is 24.9. The second-order valence-corrected chi connectivity index (χ2v) is 29.0. The Balaban J connectivity index is 0.000000135. The average Bonchev–Trinajstić information content (AvgIpc) is 1.54. The first-order chi connectivity index (χ1) is 56.6. The van der Waals surface area contributed by atoms with Gasteiger partial charge in [-0.1, -0.05) is 243 Å². The number of para-hydroxylation sites is 6. The molecule has 0 N–H and O–H groups in total. The summed E-state index contributed by atoms with van der Waals surface area (Å²) in [6, 6.07) is 133. The minimum absolute atomic E-state index is 0.625. The van der Waals surface area contributed by atoms with Crippen molar-refractivity contribution >= 4 is 131 Å². The molecule has 24 aromatic rings. The largest absolute Gasteiger partial charge is 0.455 e. The van der Waals surface area contributed by atoms with Gasteiger partial charge in [-0.3, -0.25) is 0 Å². The molecule has 24 rings (SSSR count). The first-order valence-electron chi connectivity index (χ1n) is 38.4. The van der Waals surface area contributed by atoms with Gasteiger partial charge in [-0.05, 0) is 140 Å². The van der Waals surface area contributed by atoms with E-state index in [0.29, 0.717) is 23.3 Å². The molecule has 0 radical (unpaired) electrons. The van der Waals surface area contributed by atoms with Gasteiger partial charge in [0.15, 0.2) is 23.3 Å². The molecule has 0 unspecified atom stereocenters. The first kappa shape index (κ1) is 64.4. The van der Waals surface area contributed by atoms with Crippen LogP contribution in [0.5, 0.6) is 0 Å². The number of benzene rings is 16. The highest BCUT2D eigenvalue weighted by Crippen LogP contribution is 2.48. The summed E-state index contributed by atoms with van der Waals surface area (Å²) >= 11 is 0.